The number of likely N-dealkylation sites (tertiary alicyclic amines) is 2. The quantitative estimate of drug-likeness (QED) is 0.839. The minimum Gasteiger partial charge on any atom is -0.368 e. The molecule has 1 spiro atoms. The molecule has 0 unspecified atom stereocenters. The van der Waals surface area contributed by atoms with E-state index in [9.17, 15) is 9.59 Å². The van der Waals surface area contributed by atoms with E-state index in [0.717, 1.165) is 44.2 Å². The van der Waals surface area contributed by atoms with Crippen LogP contribution in [0.5, 0.6) is 0 Å². The lowest BCUT2D eigenvalue weighted by atomic mass is 9.86. The third-order valence-electron chi connectivity index (χ3n) is 5.84. The molecule has 3 fully saturated rings. The Morgan fingerprint density at radius 2 is 2.12 bits per heavy atom. The minimum absolute atomic E-state index is 0.111. The normalized spacial score (nSPS) is 29.6. The Labute approximate surface area is 148 Å². The van der Waals surface area contributed by atoms with Crippen LogP contribution in [0, 0.1) is 0 Å². The third kappa shape index (κ3) is 3.15. The van der Waals surface area contributed by atoms with Crippen LogP contribution in [-0.2, 0) is 20.9 Å². The molecule has 4 heterocycles. The van der Waals surface area contributed by atoms with Crippen molar-refractivity contribution in [3.63, 3.8) is 0 Å². The molecule has 134 valence electrons. The second kappa shape index (κ2) is 6.75. The number of nitrogens with zero attached hydrogens (tertiary/aromatic N) is 3. The zero-order valence-electron chi connectivity index (χ0n) is 14.5. The lowest BCUT2D eigenvalue weighted by molar-refractivity contribution is -0.147. The number of piperidine rings is 1. The first kappa shape index (κ1) is 16.5. The van der Waals surface area contributed by atoms with Crippen LogP contribution in [-0.4, -0.2) is 57.9 Å². The maximum absolute atomic E-state index is 12.8. The van der Waals surface area contributed by atoms with Gasteiger partial charge in [0.15, 0.2) is 0 Å². The Bertz CT molecular complexity index is 645. The lowest BCUT2D eigenvalue weighted by Crippen LogP contribution is -2.58. The molecule has 0 aromatic carbocycles. The number of hydrogen-bond acceptors (Lipinski definition) is 4. The fourth-order valence-electron chi connectivity index (χ4n) is 4.50. The zero-order chi connectivity index (χ0) is 17.3. The molecule has 0 aliphatic carbocycles. The van der Waals surface area contributed by atoms with E-state index in [2.05, 4.69) is 4.98 Å². The van der Waals surface area contributed by atoms with Gasteiger partial charge in [-0.3, -0.25) is 14.6 Å². The molecule has 1 aromatic heterocycles. The molecule has 0 bridgehead atoms. The van der Waals surface area contributed by atoms with Crippen LogP contribution in [0.4, 0.5) is 0 Å². The van der Waals surface area contributed by atoms with Crippen molar-refractivity contribution in [2.75, 3.05) is 19.7 Å². The molecule has 6 heteroatoms. The highest BCUT2D eigenvalue weighted by atomic mass is 16.5. The van der Waals surface area contributed by atoms with Crippen molar-refractivity contribution in [2.45, 2.75) is 56.7 Å². The fraction of sp³-hybridized carbons (Fsp3) is 0.632. The van der Waals surface area contributed by atoms with Gasteiger partial charge in [-0.25, -0.2) is 0 Å². The number of carbonyl (C=O) groups is 2. The van der Waals surface area contributed by atoms with E-state index in [1.807, 2.05) is 21.9 Å². The van der Waals surface area contributed by atoms with Gasteiger partial charge in [-0.15, -0.1) is 0 Å². The Kier molecular flexibility index (Phi) is 4.46. The average molecular weight is 343 g/mol. The van der Waals surface area contributed by atoms with Gasteiger partial charge in [-0.2, -0.15) is 0 Å². The second-order valence-electron chi connectivity index (χ2n) is 7.42. The summed E-state index contributed by atoms with van der Waals surface area (Å²) in [4.78, 5) is 33.3. The zero-order valence-corrected chi connectivity index (χ0v) is 14.5. The van der Waals surface area contributed by atoms with Crippen molar-refractivity contribution >= 4 is 11.8 Å². The van der Waals surface area contributed by atoms with Crippen molar-refractivity contribution in [3.8, 4) is 0 Å². The molecule has 0 N–H and O–H groups in total. The topological polar surface area (TPSA) is 62.7 Å². The van der Waals surface area contributed by atoms with Crippen LogP contribution in [0.25, 0.3) is 0 Å². The van der Waals surface area contributed by atoms with Crippen LogP contribution < -0.4 is 0 Å². The number of pyridine rings is 1. The van der Waals surface area contributed by atoms with Gasteiger partial charge >= 0.3 is 0 Å². The highest BCUT2D eigenvalue weighted by Crippen LogP contribution is 2.39. The number of hydrogen-bond donors (Lipinski definition) is 0. The van der Waals surface area contributed by atoms with Crippen LogP contribution in [0.15, 0.2) is 24.5 Å². The van der Waals surface area contributed by atoms with Crippen molar-refractivity contribution in [1.29, 1.82) is 0 Å². The van der Waals surface area contributed by atoms with Gasteiger partial charge in [-0.05, 0) is 49.8 Å². The predicted molar refractivity (Wildman–Crippen MR) is 91.5 cm³/mol. The fourth-order valence-corrected chi connectivity index (χ4v) is 4.50. The number of aromatic nitrogens is 1. The van der Waals surface area contributed by atoms with Gasteiger partial charge in [0.1, 0.15) is 6.10 Å². The van der Waals surface area contributed by atoms with Gasteiger partial charge < -0.3 is 14.5 Å². The van der Waals surface area contributed by atoms with E-state index in [1.165, 1.54) is 0 Å². The van der Waals surface area contributed by atoms with E-state index >= 15 is 0 Å². The summed E-state index contributed by atoms with van der Waals surface area (Å²) in [7, 11) is 0. The molecule has 4 rings (SSSR count). The SMILES string of the molecule is O=C([C@H]1CCCO1)N1CCC[C@@]2(CCC(=O)N2Cc2ccncc2)C1. The Morgan fingerprint density at radius 3 is 2.88 bits per heavy atom. The standard InChI is InChI=1S/C19H25N3O3/c23-17-4-8-19(22(17)13-15-5-9-20-10-6-15)7-2-11-21(14-19)18(24)16-3-1-12-25-16/h5-6,9-10,16H,1-4,7-8,11-14H2/t16-,19-/m1/s1. The van der Waals surface area contributed by atoms with Crippen LogP contribution >= 0.6 is 0 Å². The molecular weight excluding hydrogens is 318 g/mol. The van der Waals surface area contributed by atoms with E-state index < -0.39 is 0 Å². The van der Waals surface area contributed by atoms with Crippen LogP contribution in [0.1, 0.15) is 44.1 Å². The molecule has 3 saturated heterocycles. The van der Waals surface area contributed by atoms with Crippen molar-refractivity contribution < 1.29 is 14.3 Å². The minimum atomic E-state index is -0.277. The molecular formula is C19H25N3O3. The van der Waals surface area contributed by atoms with E-state index in [1.54, 1.807) is 12.4 Å². The number of carbonyl (C=O) groups excluding carboxylic acids is 2. The Morgan fingerprint density at radius 1 is 1.28 bits per heavy atom. The first-order valence-electron chi connectivity index (χ1n) is 9.28. The molecule has 0 saturated carbocycles. The molecule has 3 aliphatic heterocycles. The first-order valence-corrected chi connectivity index (χ1v) is 9.28. The summed E-state index contributed by atoms with van der Waals surface area (Å²) in [6.07, 6.45) is 8.36. The number of amides is 2. The smallest absolute Gasteiger partial charge is 0.251 e. The summed E-state index contributed by atoms with van der Waals surface area (Å²) in [5, 5.41) is 0. The van der Waals surface area contributed by atoms with Crippen molar-refractivity contribution in [3.05, 3.63) is 30.1 Å². The largest absolute Gasteiger partial charge is 0.368 e. The van der Waals surface area contributed by atoms with Gasteiger partial charge in [0.05, 0.1) is 5.54 Å². The summed E-state index contributed by atoms with van der Waals surface area (Å²) in [5.74, 6) is 0.308. The molecule has 1 aromatic rings. The van der Waals surface area contributed by atoms with Gasteiger partial charge in [0.2, 0.25) is 5.91 Å². The van der Waals surface area contributed by atoms with Crippen molar-refractivity contribution in [1.82, 2.24) is 14.8 Å². The first-order chi connectivity index (χ1) is 12.2. The maximum Gasteiger partial charge on any atom is 0.251 e. The van der Waals surface area contributed by atoms with Crippen LogP contribution in [0.2, 0.25) is 0 Å². The summed E-state index contributed by atoms with van der Waals surface area (Å²) >= 11 is 0. The molecule has 2 atom stereocenters. The molecule has 2 amide bonds. The number of rotatable bonds is 3. The highest BCUT2D eigenvalue weighted by Gasteiger charge is 2.48. The molecule has 3 aliphatic rings. The van der Waals surface area contributed by atoms with Crippen molar-refractivity contribution in [2.24, 2.45) is 0 Å². The van der Waals surface area contributed by atoms with E-state index in [4.69, 9.17) is 4.74 Å². The number of ether oxygens (including phenoxy) is 1. The Hall–Kier alpha value is -1.95. The summed E-state index contributed by atoms with van der Waals surface area (Å²) in [6, 6.07) is 3.91. The second-order valence-corrected chi connectivity index (χ2v) is 7.42. The van der Waals surface area contributed by atoms with Gasteiger partial charge in [0.25, 0.3) is 5.91 Å². The third-order valence-corrected chi connectivity index (χ3v) is 5.84. The monoisotopic (exact) mass is 343 g/mol. The molecule has 6 nitrogen and oxygen atoms in total. The average Bonchev–Trinajstić information content (AvgIpc) is 3.27. The summed E-state index contributed by atoms with van der Waals surface area (Å²) < 4.78 is 5.58. The van der Waals surface area contributed by atoms with E-state index in [0.29, 0.717) is 26.1 Å². The highest BCUT2D eigenvalue weighted by molar-refractivity contribution is 5.83. The summed E-state index contributed by atoms with van der Waals surface area (Å²) in [6.45, 7) is 2.70. The molecule has 25 heavy (non-hydrogen) atoms. The predicted octanol–water partition coefficient (Wildman–Crippen LogP) is 1.74. The van der Waals surface area contributed by atoms with Gasteiger partial charge in [0, 0.05) is 45.1 Å². The summed E-state index contributed by atoms with van der Waals surface area (Å²) in [5.41, 5.74) is 0.875. The Balaban J connectivity index is 1.52. The lowest BCUT2D eigenvalue weighted by Gasteiger charge is -2.46. The molecule has 0 radical (unpaired) electrons. The van der Waals surface area contributed by atoms with Crippen LogP contribution in [0.3, 0.4) is 0 Å². The maximum atomic E-state index is 12.8. The van der Waals surface area contributed by atoms with E-state index in [-0.39, 0.29) is 23.5 Å². The van der Waals surface area contributed by atoms with Gasteiger partial charge in [-0.1, -0.05) is 0 Å².